The molecule has 0 saturated carbocycles. The summed E-state index contributed by atoms with van der Waals surface area (Å²) in [6.07, 6.45) is -3.25. The maximum atomic E-state index is 13.3. The first-order valence-corrected chi connectivity index (χ1v) is 11.8. The minimum Gasteiger partial charge on any atom is -0.467 e. The lowest BCUT2D eigenvalue weighted by atomic mass is 10.1. The van der Waals surface area contributed by atoms with Gasteiger partial charge in [0.2, 0.25) is 17.8 Å². The van der Waals surface area contributed by atoms with Crippen molar-refractivity contribution in [2.45, 2.75) is 38.4 Å². The summed E-state index contributed by atoms with van der Waals surface area (Å²) in [7, 11) is 1.20. The third-order valence-corrected chi connectivity index (χ3v) is 5.63. The van der Waals surface area contributed by atoms with Gasteiger partial charge in [0.05, 0.1) is 24.1 Å². The Labute approximate surface area is 221 Å². The molecule has 1 atom stereocenters. The van der Waals surface area contributed by atoms with Crippen LogP contribution in [0, 0.1) is 0 Å². The quantitative estimate of drug-likeness (QED) is 0.363. The third-order valence-electron chi connectivity index (χ3n) is 5.39. The molecule has 8 nitrogen and oxygen atoms in total. The van der Waals surface area contributed by atoms with E-state index in [1.807, 2.05) is 0 Å². The summed E-state index contributed by atoms with van der Waals surface area (Å²) in [5, 5.41) is 2.94. The predicted octanol–water partition coefficient (Wildman–Crippen LogP) is 5.33. The summed E-state index contributed by atoms with van der Waals surface area (Å²) >= 11 is 6.08. The summed E-state index contributed by atoms with van der Waals surface area (Å²) in [5.74, 6) is -1.67. The zero-order valence-corrected chi connectivity index (χ0v) is 21.2. The second-order valence-electron chi connectivity index (χ2n) is 8.19. The molecule has 0 unspecified atom stereocenters. The molecule has 12 heteroatoms. The van der Waals surface area contributed by atoms with Crippen LogP contribution in [0.15, 0.2) is 60.8 Å². The van der Waals surface area contributed by atoms with Gasteiger partial charge < -0.3 is 10.1 Å². The molecular formula is C26H24ClF3N4O4. The van der Waals surface area contributed by atoms with Crippen LogP contribution in [0.25, 0.3) is 11.3 Å². The summed E-state index contributed by atoms with van der Waals surface area (Å²) in [6, 6.07) is 11.6. The van der Waals surface area contributed by atoms with Crippen molar-refractivity contribution < 1.29 is 32.3 Å². The topological polar surface area (TPSA) is 101 Å². The largest absolute Gasteiger partial charge is 0.467 e. The number of esters is 1. The molecule has 1 N–H and O–H groups in total. The summed E-state index contributed by atoms with van der Waals surface area (Å²) in [4.78, 5) is 46.6. The Morgan fingerprint density at radius 3 is 2.42 bits per heavy atom. The minimum atomic E-state index is -4.55. The highest BCUT2D eigenvalue weighted by atomic mass is 35.5. The number of nitrogens with zero attached hydrogens (tertiary/aromatic N) is 3. The van der Waals surface area contributed by atoms with Crippen LogP contribution in [0.1, 0.15) is 31.7 Å². The van der Waals surface area contributed by atoms with E-state index in [0.29, 0.717) is 16.3 Å². The molecule has 2 aromatic carbocycles. The number of halogens is 4. The van der Waals surface area contributed by atoms with Crippen LogP contribution in [0.4, 0.5) is 24.8 Å². The molecule has 0 fully saturated rings. The summed E-state index contributed by atoms with van der Waals surface area (Å²) in [5.41, 5.74) is 0.337. The highest BCUT2D eigenvalue weighted by Gasteiger charge is 2.31. The lowest BCUT2D eigenvalue weighted by Crippen LogP contribution is -2.39. The second kappa shape index (κ2) is 12.5. The first-order chi connectivity index (χ1) is 18.0. The van der Waals surface area contributed by atoms with Crippen molar-refractivity contribution in [3.63, 3.8) is 0 Å². The van der Waals surface area contributed by atoms with Gasteiger partial charge in [0.15, 0.2) is 0 Å². The highest BCUT2D eigenvalue weighted by Crippen LogP contribution is 2.32. The van der Waals surface area contributed by atoms with Crippen LogP contribution in [-0.2, 0) is 25.3 Å². The van der Waals surface area contributed by atoms with Gasteiger partial charge in [-0.05, 0) is 55.8 Å². The molecule has 2 amide bonds. The second-order valence-corrected chi connectivity index (χ2v) is 8.63. The number of nitrogens with one attached hydrogen (secondary N) is 1. The average molecular weight is 549 g/mol. The number of amides is 2. The smallest absolute Gasteiger partial charge is 0.416 e. The Morgan fingerprint density at radius 1 is 1.08 bits per heavy atom. The Balaban J connectivity index is 1.85. The summed E-state index contributed by atoms with van der Waals surface area (Å²) in [6.45, 7) is 1.46. The number of ether oxygens (including phenoxy) is 1. The Bertz CT molecular complexity index is 1300. The van der Waals surface area contributed by atoms with Gasteiger partial charge in [-0.15, -0.1) is 0 Å². The van der Waals surface area contributed by atoms with Gasteiger partial charge in [-0.1, -0.05) is 23.7 Å². The van der Waals surface area contributed by atoms with Gasteiger partial charge in [-0.2, -0.15) is 13.2 Å². The zero-order chi connectivity index (χ0) is 27.9. The van der Waals surface area contributed by atoms with Crippen LogP contribution in [0.5, 0.6) is 0 Å². The average Bonchev–Trinajstić information content (AvgIpc) is 2.88. The monoisotopic (exact) mass is 548 g/mol. The van der Waals surface area contributed by atoms with E-state index < -0.39 is 35.6 Å². The van der Waals surface area contributed by atoms with Crippen molar-refractivity contribution in [1.82, 2.24) is 15.3 Å². The molecule has 0 radical (unpaired) electrons. The maximum Gasteiger partial charge on any atom is 0.416 e. The number of rotatable bonds is 9. The molecule has 1 heterocycles. The van der Waals surface area contributed by atoms with Crippen LogP contribution < -0.4 is 10.2 Å². The number of methoxy groups -OCH3 is 1. The number of benzene rings is 2. The summed E-state index contributed by atoms with van der Waals surface area (Å²) < 4.78 is 43.8. The molecule has 3 aromatic rings. The predicted molar refractivity (Wildman–Crippen MR) is 135 cm³/mol. The normalized spacial score (nSPS) is 11.9. The highest BCUT2D eigenvalue weighted by molar-refractivity contribution is 6.30. The molecule has 3 rings (SSSR count). The Kier molecular flexibility index (Phi) is 9.40. The van der Waals surface area contributed by atoms with Gasteiger partial charge in [0, 0.05) is 29.6 Å². The van der Waals surface area contributed by atoms with E-state index in [1.54, 1.807) is 30.3 Å². The van der Waals surface area contributed by atoms with E-state index in [-0.39, 0.29) is 30.9 Å². The first kappa shape index (κ1) is 28.6. The molecule has 1 aromatic heterocycles. The van der Waals surface area contributed by atoms with Gasteiger partial charge in [0.1, 0.15) is 6.04 Å². The molecule has 0 bridgehead atoms. The van der Waals surface area contributed by atoms with Gasteiger partial charge in [0.25, 0.3) is 0 Å². The zero-order valence-electron chi connectivity index (χ0n) is 20.5. The number of carbonyl (C=O) groups is 3. The fraction of sp³-hybridized carbons (Fsp3) is 0.269. The SMILES string of the molecule is COC(=O)[C@H](C)NC(=O)CCCC(=O)N(c1ccc(C(F)(F)F)cc1)c1nccc(-c2cccc(Cl)c2)n1. The number of anilines is 2. The molecule has 0 aliphatic rings. The number of hydrogen-bond acceptors (Lipinski definition) is 6. The number of hydrogen-bond donors (Lipinski definition) is 1. The molecule has 0 saturated heterocycles. The van der Waals surface area contributed by atoms with Crippen molar-refractivity contribution in [3.8, 4) is 11.3 Å². The Morgan fingerprint density at radius 2 is 1.79 bits per heavy atom. The van der Waals surface area contributed by atoms with Gasteiger partial charge >= 0.3 is 12.1 Å². The standard InChI is InChI=1S/C26H24ClF3N4O4/c1-16(24(37)38-2)32-22(35)7-4-8-23(36)34(20-11-9-18(10-12-20)26(28,29)30)25-31-14-13-21(33-25)17-5-3-6-19(27)15-17/h3,5-6,9-16H,4,7-8H2,1-2H3,(H,32,35)/t16-/m0/s1. The van der Waals surface area contributed by atoms with Gasteiger partial charge in [-0.25, -0.2) is 19.7 Å². The van der Waals surface area contributed by atoms with Crippen molar-refractivity contribution in [2.75, 3.05) is 12.0 Å². The van der Waals surface area contributed by atoms with Crippen LogP contribution in [-0.4, -0.2) is 40.9 Å². The Hall–Kier alpha value is -3.99. The molecule has 0 aliphatic carbocycles. The van der Waals surface area contributed by atoms with E-state index >= 15 is 0 Å². The minimum absolute atomic E-state index is 0.0593. The van der Waals surface area contributed by atoms with Crippen LogP contribution in [0.2, 0.25) is 5.02 Å². The number of alkyl halides is 3. The molecule has 0 aliphatic heterocycles. The van der Waals surface area contributed by atoms with Crippen molar-refractivity contribution >= 4 is 41.0 Å². The van der Waals surface area contributed by atoms with Gasteiger partial charge in [-0.3, -0.25) is 9.59 Å². The fourth-order valence-corrected chi connectivity index (χ4v) is 3.69. The maximum absolute atomic E-state index is 13.3. The lowest BCUT2D eigenvalue weighted by molar-refractivity contribution is -0.144. The third kappa shape index (κ3) is 7.51. The fourth-order valence-electron chi connectivity index (χ4n) is 3.50. The molecule has 38 heavy (non-hydrogen) atoms. The van der Waals surface area contributed by atoms with Crippen LogP contribution >= 0.6 is 11.6 Å². The van der Waals surface area contributed by atoms with Crippen molar-refractivity contribution in [3.05, 3.63) is 71.4 Å². The first-order valence-electron chi connectivity index (χ1n) is 11.5. The van der Waals surface area contributed by atoms with E-state index in [9.17, 15) is 27.6 Å². The van der Waals surface area contributed by atoms with E-state index in [1.165, 1.54) is 20.2 Å². The number of carbonyl (C=O) groups excluding carboxylic acids is 3. The molecular weight excluding hydrogens is 525 g/mol. The molecule has 200 valence electrons. The number of aromatic nitrogens is 2. The van der Waals surface area contributed by atoms with E-state index in [2.05, 4.69) is 20.0 Å². The molecule has 0 spiro atoms. The van der Waals surface area contributed by atoms with Crippen molar-refractivity contribution in [1.29, 1.82) is 0 Å². The lowest BCUT2D eigenvalue weighted by Gasteiger charge is -2.22. The van der Waals surface area contributed by atoms with E-state index in [0.717, 1.165) is 29.2 Å². The van der Waals surface area contributed by atoms with E-state index in [4.69, 9.17) is 11.6 Å². The van der Waals surface area contributed by atoms with Crippen LogP contribution in [0.3, 0.4) is 0 Å². The van der Waals surface area contributed by atoms with Crippen molar-refractivity contribution in [2.24, 2.45) is 0 Å².